The van der Waals surface area contributed by atoms with Crippen molar-refractivity contribution in [1.29, 1.82) is 0 Å². The van der Waals surface area contributed by atoms with Gasteiger partial charge in [0.05, 0.1) is 24.2 Å². The molecule has 9 nitrogen and oxygen atoms in total. The number of aliphatic hydroxyl groups is 1. The third-order valence-electron chi connectivity index (χ3n) is 5.05. The third kappa shape index (κ3) is 6.23. The first-order valence-electron chi connectivity index (χ1n) is 10.4. The van der Waals surface area contributed by atoms with Gasteiger partial charge in [-0.1, -0.05) is 36.4 Å². The number of nitrogens with zero attached hydrogens (tertiary/aromatic N) is 3. The van der Waals surface area contributed by atoms with Gasteiger partial charge in [-0.2, -0.15) is 8.42 Å². The van der Waals surface area contributed by atoms with Gasteiger partial charge >= 0.3 is 29.6 Å². The maximum atomic E-state index is 11.9. The molecule has 0 aliphatic heterocycles. The number of ether oxygens (including phenoxy) is 1. The molecule has 1 aromatic heterocycles. The van der Waals surface area contributed by atoms with Crippen LogP contribution in [0.3, 0.4) is 0 Å². The number of para-hydroxylation sites is 1. The zero-order valence-corrected chi connectivity index (χ0v) is 18.8. The van der Waals surface area contributed by atoms with Gasteiger partial charge in [0.2, 0.25) is 0 Å². The number of nitrogen functional groups attached to an aromatic ring is 1. The Labute approximate surface area is 224 Å². The molecule has 0 saturated carbocycles. The number of benzene rings is 3. The first-order valence-corrected chi connectivity index (χ1v) is 11.8. The Hall–Kier alpha value is -2.86. The number of pyridine rings is 1. The number of hydrogen-bond donors (Lipinski definition) is 3. The summed E-state index contributed by atoms with van der Waals surface area (Å²) >= 11 is 0. The normalized spacial score (nSPS) is 11.5. The molecular weight excluding hydrogens is 479 g/mol. The first-order chi connectivity index (χ1) is 16.4. The summed E-state index contributed by atoms with van der Waals surface area (Å²) in [7, 11) is -4.50. The van der Waals surface area contributed by atoms with Crippen molar-refractivity contribution < 1.29 is 22.8 Å². The number of hydrogen-bond acceptors (Lipinski definition) is 8. The van der Waals surface area contributed by atoms with Crippen molar-refractivity contribution in [2.75, 3.05) is 18.9 Å². The van der Waals surface area contributed by atoms with Gasteiger partial charge < -0.3 is 15.6 Å². The van der Waals surface area contributed by atoms with Gasteiger partial charge in [0, 0.05) is 29.4 Å². The number of rotatable bonds is 8. The SMILES string of the molecule is Nc1c(/N=N/c2ccc(-c3ccccc3OCCCO)nc2)cc(S(=O)(=O)O)c2ccccc12.[NaH]. The van der Waals surface area contributed by atoms with Gasteiger partial charge in [-0.3, -0.25) is 9.54 Å². The van der Waals surface area contributed by atoms with Gasteiger partial charge in [-0.05, 0) is 30.3 Å². The summed E-state index contributed by atoms with van der Waals surface area (Å²) < 4.78 is 39.1. The van der Waals surface area contributed by atoms with E-state index in [0.717, 1.165) is 5.56 Å². The zero-order chi connectivity index (χ0) is 24.1. The molecule has 0 unspecified atom stereocenters. The van der Waals surface area contributed by atoms with Crippen LogP contribution in [0, 0.1) is 0 Å². The molecular formula is C24H23N4NaO5S. The fourth-order valence-electron chi connectivity index (χ4n) is 3.41. The molecule has 0 saturated heterocycles. The summed E-state index contributed by atoms with van der Waals surface area (Å²) in [6.45, 7) is 0.437. The van der Waals surface area contributed by atoms with Crippen molar-refractivity contribution in [3.63, 3.8) is 0 Å². The Balaban J connectivity index is 0.00000342. The predicted molar refractivity (Wildman–Crippen MR) is 136 cm³/mol. The van der Waals surface area contributed by atoms with Crippen molar-refractivity contribution in [2.24, 2.45) is 10.2 Å². The molecule has 0 amide bonds. The second-order valence-corrected chi connectivity index (χ2v) is 8.74. The molecule has 0 bridgehead atoms. The molecule has 3 aromatic carbocycles. The van der Waals surface area contributed by atoms with Crippen molar-refractivity contribution in [1.82, 2.24) is 4.98 Å². The Bertz CT molecular complexity index is 1460. The predicted octanol–water partition coefficient (Wildman–Crippen LogP) is 4.26. The summed E-state index contributed by atoms with van der Waals surface area (Å²) in [6, 6.07) is 18.7. The third-order valence-corrected chi connectivity index (χ3v) is 5.94. The van der Waals surface area contributed by atoms with Crippen LogP contribution in [0.15, 0.2) is 88.1 Å². The molecule has 0 aliphatic carbocycles. The van der Waals surface area contributed by atoms with Crippen LogP contribution in [0.4, 0.5) is 17.1 Å². The second-order valence-electron chi connectivity index (χ2n) is 7.35. The minimum atomic E-state index is -4.50. The Kier molecular flexibility index (Phi) is 8.95. The van der Waals surface area contributed by atoms with Crippen LogP contribution in [-0.4, -0.2) is 65.8 Å². The number of aromatic nitrogens is 1. The van der Waals surface area contributed by atoms with E-state index in [2.05, 4.69) is 15.2 Å². The Morgan fingerprint density at radius 2 is 1.69 bits per heavy atom. The van der Waals surface area contributed by atoms with E-state index in [1.807, 2.05) is 24.3 Å². The molecule has 0 spiro atoms. The summed E-state index contributed by atoms with van der Waals surface area (Å²) in [6.07, 6.45) is 2.04. The molecule has 0 fully saturated rings. The summed E-state index contributed by atoms with van der Waals surface area (Å²) in [5, 5.41) is 17.9. The summed E-state index contributed by atoms with van der Waals surface area (Å²) in [4.78, 5) is 4.14. The van der Waals surface area contributed by atoms with Crippen molar-refractivity contribution in [2.45, 2.75) is 11.3 Å². The van der Waals surface area contributed by atoms with Crippen LogP contribution >= 0.6 is 0 Å². The van der Waals surface area contributed by atoms with Crippen LogP contribution in [0.2, 0.25) is 0 Å². The van der Waals surface area contributed by atoms with Crippen LogP contribution in [0.1, 0.15) is 6.42 Å². The molecule has 4 aromatic rings. The van der Waals surface area contributed by atoms with Gasteiger partial charge in [-0.15, -0.1) is 10.2 Å². The van der Waals surface area contributed by atoms with Crippen LogP contribution < -0.4 is 10.5 Å². The fourth-order valence-corrected chi connectivity index (χ4v) is 4.13. The van der Waals surface area contributed by atoms with Crippen LogP contribution in [0.25, 0.3) is 22.0 Å². The Morgan fingerprint density at radius 3 is 2.37 bits per heavy atom. The van der Waals surface area contributed by atoms with E-state index in [0.29, 0.717) is 40.9 Å². The van der Waals surface area contributed by atoms with E-state index in [4.69, 9.17) is 15.6 Å². The van der Waals surface area contributed by atoms with Crippen molar-refractivity contribution in [3.05, 3.63) is 72.9 Å². The average molecular weight is 503 g/mol. The monoisotopic (exact) mass is 502 g/mol. The number of aliphatic hydroxyl groups excluding tert-OH is 1. The first kappa shape index (κ1) is 26.7. The van der Waals surface area contributed by atoms with Gasteiger partial charge in [0.15, 0.2) is 0 Å². The molecule has 1 heterocycles. The summed E-state index contributed by atoms with van der Waals surface area (Å²) in [5.74, 6) is 0.652. The standard InChI is InChI=1S/C24H22N4O5S.Na.H/c25-24-18-7-2-1-6-17(18)23(34(30,31)32)14-21(24)28-27-16-10-11-20(26-15-16)19-8-3-4-9-22(19)33-13-5-12-29;;/h1-4,6-11,14-15,29H,5,12-13,25H2,(H,30,31,32);;/b28-27+;;. The fraction of sp³-hybridized carbons (Fsp3) is 0.125. The van der Waals surface area contributed by atoms with Gasteiger partial charge in [-0.25, -0.2) is 0 Å². The van der Waals surface area contributed by atoms with Crippen molar-refractivity contribution >= 4 is 67.5 Å². The van der Waals surface area contributed by atoms with Crippen LogP contribution in [0.5, 0.6) is 5.75 Å². The quantitative estimate of drug-likeness (QED) is 0.107. The van der Waals surface area contributed by atoms with E-state index in [-0.39, 0.29) is 52.4 Å². The average Bonchev–Trinajstić information content (AvgIpc) is 2.84. The molecule has 0 radical (unpaired) electrons. The number of anilines is 1. The number of nitrogens with two attached hydrogens (primary N) is 1. The maximum absolute atomic E-state index is 11.9. The van der Waals surface area contributed by atoms with E-state index in [1.165, 1.54) is 12.3 Å². The molecule has 4 rings (SSSR count). The molecule has 4 N–H and O–H groups in total. The Morgan fingerprint density at radius 1 is 0.971 bits per heavy atom. The molecule has 0 aliphatic rings. The zero-order valence-electron chi connectivity index (χ0n) is 18.0. The van der Waals surface area contributed by atoms with Crippen LogP contribution in [-0.2, 0) is 10.1 Å². The molecule has 11 heteroatoms. The molecule has 176 valence electrons. The minimum absolute atomic E-state index is 0. The number of azo groups is 1. The number of fused-ring (bicyclic) bond motifs is 1. The topological polar surface area (TPSA) is 147 Å². The second kappa shape index (κ2) is 11.7. The van der Waals surface area contributed by atoms with E-state index >= 15 is 0 Å². The van der Waals surface area contributed by atoms with Gasteiger partial charge in [0.1, 0.15) is 22.0 Å². The summed E-state index contributed by atoms with van der Waals surface area (Å²) in [5.41, 5.74) is 8.41. The van der Waals surface area contributed by atoms with Gasteiger partial charge in [0.25, 0.3) is 10.1 Å². The van der Waals surface area contributed by atoms with E-state index < -0.39 is 10.1 Å². The van der Waals surface area contributed by atoms with E-state index in [1.54, 1.807) is 36.4 Å². The van der Waals surface area contributed by atoms with Crippen molar-refractivity contribution in [3.8, 4) is 17.0 Å². The molecule has 35 heavy (non-hydrogen) atoms. The van der Waals surface area contributed by atoms with E-state index in [9.17, 15) is 13.0 Å². The molecule has 0 atom stereocenters.